The largest absolute Gasteiger partial charge is 0.494 e. The Morgan fingerprint density at radius 3 is 2.46 bits per heavy atom. The van der Waals surface area contributed by atoms with Crippen molar-refractivity contribution >= 4 is 52.5 Å². The minimum atomic E-state index is -0.696. The summed E-state index contributed by atoms with van der Waals surface area (Å²) in [6.07, 6.45) is 2.43. The first-order valence-electron chi connectivity index (χ1n) is 8.73. The SMILES string of the molecule is CCOc1ccc(NC(=O)C(CCSC)NC(=O)c2ccc(Cl)cc2Cl)cc1. The predicted molar refractivity (Wildman–Crippen MR) is 117 cm³/mol. The fraction of sp³-hybridized carbons (Fsp3) is 0.300. The highest BCUT2D eigenvalue weighted by atomic mass is 35.5. The number of ether oxygens (including phenoxy) is 1. The molecule has 8 heteroatoms. The second kappa shape index (κ2) is 11.2. The Balaban J connectivity index is 2.08. The average Bonchev–Trinajstić information content (AvgIpc) is 2.66. The van der Waals surface area contributed by atoms with Crippen LogP contribution in [0.15, 0.2) is 42.5 Å². The summed E-state index contributed by atoms with van der Waals surface area (Å²) in [6, 6.07) is 11.0. The second-order valence-electron chi connectivity index (χ2n) is 5.88. The first-order chi connectivity index (χ1) is 13.4. The molecule has 0 saturated carbocycles. The van der Waals surface area contributed by atoms with Crippen molar-refractivity contribution in [3.63, 3.8) is 0 Å². The van der Waals surface area contributed by atoms with Gasteiger partial charge >= 0.3 is 0 Å². The topological polar surface area (TPSA) is 67.4 Å². The fourth-order valence-electron chi connectivity index (χ4n) is 2.44. The van der Waals surface area contributed by atoms with Crippen molar-refractivity contribution in [1.82, 2.24) is 5.32 Å². The number of rotatable bonds is 9. The van der Waals surface area contributed by atoms with Crippen LogP contribution in [0.25, 0.3) is 0 Å². The maximum absolute atomic E-state index is 12.7. The van der Waals surface area contributed by atoms with Gasteiger partial charge in [-0.1, -0.05) is 23.2 Å². The van der Waals surface area contributed by atoms with E-state index in [1.165, 1.54) is 12.1 Å². The summed E-state index contributed by atoms with van der Waals surface area (Å²) < 4.78 is 5.39. The van der Waals surface area contributed by atoms with Crippen molar-refractivity contribution in [2.45, 2.75) is 19.4 Å². The number of benzene rings is 2. The summed E-state index contributed by atoms with van der Waals surface area (Å²) in [5, 5.41) is 6.27. The third-order valence-corrected chi connectivity index (χ3v) is 5.03. The van der Waals surface area contributed by atoms with E-state index < -0.39 is 11.9 Å². The summed E-state index contributed by atoms with van der Waals surface area (Å²) >= 11 is 13.6. The molecule has 2 aromatic rings. The van der Waals surface area contributed by atoms with Gasteiger partial charge in [0.2, 0.25) is 5.91 Å². The van der Waals surface area contributed by atoms with Gasteiger partial charge in [-0.2, -0.15) is 11.8 Å². The van der Waals surface area contributed by atoms with Gasteiger partial charge in [0.1, 0.15) is 11.8 Å². The normalized spacial score (nSPS) is 11.6. The minimum Gasteiger partial charge on any atom is -0.494 e. The quantitative estimate of drug-likeness (QED) is 0.582. The van der Waals surface area contributed by atoms with E-state index in [-0.39, 0.29) is 16.5 Å². The molecule has 0 aliphatic rings. The van der Waals surface area contributed by atoms with Crippen LogP contribution in [0.2, 0.25) is 10.0 Å². The number of anilines is 1. The molecule has 0 heterocycles. The van der Waals surface area contributed by atoms with Gasteiger partial charge in [0, 0.05) is 10.7 Å². The van der Waals surface area contributed by atoms with Crippen LogP contribution in [-0.2, 0) is 4.79 Å². The zero-order valence-corrected chi connectivity index (χ0v) is 18.0. The molecule has 0 aliphatic heterocycles. The Kier molecular flexibility index (Phi) is 8.96. The van der Waals surface area contributed by atoms with Crippen molar-refractivity contribution in [3.05, 3.63) is 58.1 Å². The Morgan fingerprint density at radius 2 is 1.86 bits per heavy atom. The smallest absolute Gasteiger partial charge is 0.253 e. The van der Waals surface area contributed by atoms with Crippen molar-refractivity contribution in [1.29, 1.82) is 0 Å². The summed E-state index contributed by atoms with van der Waals surface area (Å²) in [4.78, 5) is 25.3. The maximum Gasteiger partial charge on any atom is 0.253 e. The van der Waals surface area contributed by atoms with E-state index in [4.69, 9.17) is 27.9 Å². The molecule has 1 atom stereocenters. The summed E-state index contributed by atoms with van der Waals surface area (Å²) in [6.45, 7) is 2.48. The minimum absolute atomic E-state index is 0.237. The zero-order chi connectivity index (χ0) is 20.5. The van der Waals surface area contributed by atoms with Gasteiger partial charge in [0.25, 0.3) is 5.91 Å². The molecule has 1 unspecified atom stereocenters. The summed E-state index contributed by atoms with van der Waals surface area (Å²) in [5.74, 6) is 0.729. The maximum atomic E-state index is 12.7. The number of hydrogen-bond acceptors (Lipinski definition) is 4. The van der Waals surface area contributed by atoms with Crippen LogP contribution in [-0.4, -0.2) is 36.5 Å². The first kappa shape index (κ1) is 22.4. The van der Waals surface area contributed by atoms with Crippen LogP contribution in [0.1, 0.15) is 23.7 Å². The highest BCUT2D eigenvalue weighted by molar-refractivity contribution is 7.98. The molecular weight excluding hydrogens is 419 g/mol. The van der Waals surface area contributed by atoms with Crippen LogP contribution in [0, 0.1) is 0 Å². The van der Waals surface area contributed by atoms with Gasteiger partial charge in [0.15, 0.2) is 0 Å². The molecule has 2 amide bonds. The third kappa shape index (κ3) is 6.62. The zero-order valence-electron chi connectivity index (χ0n) is 15.6. The standard InChI is InChI=1S/C20H22Cl2N2O3S/c1-3-27-15-7-5-14(6-8-15)23-20(26)18(10-11-28-2)24-19(25)16-9-4-13(21)12-17(16)22/h4-9,12,18H,3,10-11H2,1-2H3,(H,23,26)(H,24,25). The van der Waals surface area contributed by atoms with E-state index in [0.29, 0.717) is 23.7 Å². The van der Waals surface area contributed by atoms with Crippen molar-refractivity contribution in [2.75, 3.05) is 23.9 Å². The Bertz CT molecular complexity index is 816. The lowest BCUT2D eigenvalue weighted by Crippen LogP contribution is -2.44. The molecule has 2 N–H and O–H groups in total. The van der Waals surface area contributed by atoms with E-state index in [1.54, 1.807) is 42.1 Å². The Labute approximate surface area is 179 Å². The number of halogens is 2. The van der Waals surface area contributed by atoms with Crippen LogP contribution in [0.3, 0.4) is 0 Å². The lowest BCUT2D eigenvalue weighted by molar-refractivity contribution is -0.118. The predicted octanol–water partition coefficient (Wildman–Crippen LogP) is 4.88. The van der Waals surface area contributed by atoms with E-state index in [2.05, 4.69) is 10.6 Å². The fourth-order valence-corrected chi connectivity index (χ4v) is 3.41. The van der Waals surface area contributed by atoms with Crippen molar-refractivity contribution in [2.24, 2.45) is 0 Å². The molecule has 0 spiro atoms. The highest BCUT2D eigenvalue weighted by Crippen LogP contribution is 2.21. The van der Waals surface area contributed by atoms with Crippen LogP contribution in [0.4, 0.5) is 5.69 Å². The highest BCUT2D eigenvalue weighted by Gasteiger charge is 2.22. The molecule has 5 nitrogen and oxygen atoms in total. The molecule has 0 saturated heterocycles. The van der Waals surface area contributed by atoms with E-state index in [9.17, 15) is 9.59 Å². The van der Waals surface area contributed by atoms with Crippen molar-refractivity contribution in [3.8, 4) is 5.75 Å². The monoisotopic (exact) mass is 440 g/mol. The van der Waals surface area contributed by atoms with E-state index in [0.717, 1.165) is 11.5 Å². The van der Waals surface area contributed by atoms with Gasteiger partial charge in [-0.25, -0.2) is 0 Å². The number of carbonyl (C=O) groups is 2. The summed E-state index contributed by atoms with van der Waals surface area (Å²) in [7, 11) is 0. The molecular formula is C20H22Cl2N2O3S. The average molecular weight is 441 g/mol. The number of amides is 2. The lowest BCUT2D eigenvalue weighted by Gasteiger charge is -2.19. The lowest BCUT2D eigenvalue weighted by atomic mass is 10.1. The molecule has 28 heavy (non-hydrogen) atoms. The first-order valence-corrected chi connectivity index (χ1v) is 10.9. The van der Waals surface area contributed by atoms with Gasteiger partial charge in [-0.3, -0.25) is 9.59 Å². The number of thioether (sulfide) groups is 1. The molecule has 0 aromatic heterocycles. The molecule has 0 bridgehead atoms. The molecule has 0 aliphatic carbocycles. The molecule has 150 valence electrons. The summed E-state index contributed by atoms with van der Waals surface area (Å²) in [5.41, 5.74) is 0.899. The van der Waals surface area contributed by atoms with Gasteiger partial charge in [-0.15, -0.1) is 0 Å². The van der Waals surface area contributed by atoms with E-state index in [1.807, 2.05) is 13.2 Å². The van der Waals surface area contributed by atoms with Gasteiger partial charge in [0.05, 0.1) is 17.2 Å². The molecule has 0 radical (unpaired) electrons. The van der Waals surface area contributed by atoms with Crippen LogP contribution >= 0.6 is 35.0 Å². The number of nitrogens with one attached hydrogen (secondary N) is 2. The number of carbonyl (C=O) groups excluding carboxylic acids is 2. The Hall–Kier alpha value is -1.89. The second-order valence-corrected chi connectivity index (χ2v) is 7.71. The van der Waals surface area contributed by atoms with Crippen LogP contribution < -0.4 is 15.4 Å². The molecule has 2 rings (SSSR count). The molecule has 2 aromatic carbocycles. The van der Waals surface area contributed by atoms with Crippen LogP contribution in [0.5, 0.6) is 5.75 Å². The van der Waals surface area contributed by atoms with Gasteiger partial charge < -0.3 is 15.4 Å². The third-order valence-electron chi connectivity index (χ3n) is 3.84. The Morgan fingerprint density at radius 1 is 1.14 bits per heavy atom. The van der Waals surface area contributed by atoms with Crippen molar-refractivity contribution < 1.29 is 14.3 Å². The number of hydrogen-bond donors (Lipinski definition) is 2. The van der Waals surface area contributed by atoms with Gasteiger partial charge in [-0.05, 0) is 67.8 Å². The van der Waals surface area contributed by atoms with E-state index >= 15 is 0 Å². The molecule has 0 fully saturated rings.